The summed E-state index contributed by atoms with van der Waals surface area (Å²) in [6, 6.07) is 0.133. The van der Waals surface area contributed by atoms with Gasteiger partial charge in [0, 0.05) is 0 Å². The van der Waals surface area contributed by atoms with Crippen molar-refractivity contribution in [2.24, 2.45) is 5.92 Å². The summed E-state index contributed by atoms with van der Waals surface area (Å²) in [5, 5.41) is 7.16. The molecule has 0 bridgehead atoms. The number of unbranched alkanes of at least 4 members (excludes halogenated alkanes) is 1. The maximum Gasteiger partial charge on any atom is 0.146 e. The van der Waals surface area contributed by atoms with Gasteiger partial charge in [0.2, 0.25) is 0 Å². The smallest absolute Gasteiger partial charge is 0.146 e. The van der Waals surface area contributed by atoms with Crippen molar-refractivity contribution >= 4 is 5.78 Å². The number of carbonyl (C=O) groups excluding carboxylic acids is 1. The lowest BCUT2D eigenvalue weighted by Crippen LogP contribution is -2.49. The predicted molar refractivity (Wildman–Crippen MR) is 68.6 cm³/mol. The van der Waals surface area contributed by atoms with E-state index in [1.54, 1.807) is 6.92 Å². The molecular formula is C13H25N3O. The van der Waals surface area contributed by atoms with Gasteiger partial charge >= 0.3 is 0 Å². The Kier molecular flexibility index (Phi) is 4.17. The fourth-order valence-electron chi connectivity index (χ4n) is 3.21. The molecule has 2 aliphatic heterocycles. The van der Waals surface area contributed by atoms with Crippen molar-refractivity contribution in [2.75, 3.05) is 13.6 Å². The van der Waals surface area contributed by atoms with Crippen LogP contribution in [-0.2, 0) is 4.79 Å². The average molecular weight is 239 g/mol. The van der Waals surface area contributed by atoms with Crippen molar-refractivity contribution < 1.29 is 4.79 Å². The second-order valence-electron chi connectivity index (χ2n) is 5.50. The van der Waals surface area contributed by atoms with Crippen LogP contribution in [0.5, 0.6) is 0 Å². The Bertz CT molecular complexity index is 282. The fraction of sp³-hybridized carbons (Fsp3) is 0.923. The zero-order valence-corrected chi connectivity index (χ0v) is 11.2. The quantitative estimate of drug-likeness (QED) is 0.701. The molecule has 2 fully saturated rings. The maximum absolute atomic E-state index is 11.5. The molecule has 98 valence electrons. The van der Waals surface area contributed by atoms with Crippen molar-refractivity contribution in [1.82, 2.24) is 15.5 Å². The maximum atomic E-state index is 11.5. The van der Waals surface area contributed by atoms with Gasteiger partial charge in [-0.25, -0.2) is 0 Å². The summed E-state index contributed by atoms with van der Waals surface area (Å²) in [5.74, 6) is 0.937. The normalized spacial score (nSPS) is 37.4. The summed E-state index contributed by atoms with van der Waals surface area (Å²) in [6.07, 6.45) is 5.48. The van der Waals surface area contributed by atoms with Crippen molar-refractivity contribution in [3.8, 4) is 0 Å². The first-order chi connectivity index (χ1) is 8.13. The monoisotopic (exact) mass is 239 g/mol. The Morgan fingerprint density at radius 3 is 2.82 bits per heavy atom. The fourth-order valence-corrected chi connectivity index (χ4v) is 3.21. The van der Waals surface area contributed by atoms with E-state index in [1.807, 2.05) is 0 Å². The molecule has 0 aliphatic carbocycles. The van der Waals surface area contributed by atoms with Gasteiger partial charge in [-0.15, -0.1) is 0 Å². The molecule has 2 N–H and O–H groups in total. The number of rotatable bonds is 5. The average Bonchev–Trinajstić information content (AvgIpc) is 2.79. The predicted octanol–water partition coefficient (Wildman–Crippen LogP) is 0.931. The number of fused-ring (bicyclic) bond motifs is 1. The third-order valence-electron chi connectivity index (χ3n) is 4.20. The van der Waals surface area contributed by atoms with Crippen molar-refractivity contribution in [3.63, 3.8) is 0 Å². The summed E-state index contributed by atoms with van der Waals surface area (Å²) in [6.45, 7) is 5.01. The number of Topliss-reactive ketones (excluding diaryl/α,β-unsaturated/α-hetero) is 1. The Balaban J connectivity index is 1.83. The van der Waals surface area contributed by atoms with E-state index in [9.17, 15) is 4.79 Å². The van der Waals surface area contributed by atoms with E-state index in [1.165, 1.54) is 12.8 Å². The molecular weight excluding hydrogens is 214 g/mol. The molecule has 0 spiro atoms. The summed E-state index contributed by atoms with van der Waals surface area (Å²) < 4.78 is 0. The van der Waals surface area contributed by atoms with Gasteiger partial charge < -0.3 is 5.32 Å². The molecule has 2 aliphatic rings. The second kappa shape index (κ2) is 5.46. The second-order valence-corrected chi connectivity index (χ2v) is 5.50. The highest BCUT2D eigenvalue weighted by atomic mass is 16.1. The van der Waals surface area contributed by atoms with Gasteiger partial charge in [0.25, 0.3) is 0 Å². The van der Waals surface area contributed by atoms with E-state index in [0.29, 0.717) is 24.0 Å². The summed E-state index contributed by atoms with van der Waals surface area (Å²) >= 11 is 0. The van der Waals surface area contributed by atoms with Gasteiger partial charge in [0.05, 0.1) is 18.4 Å². The molecule has 4 atom stereocenters. The van der Waals surface area contributed by atoms with Gasteiger partial charge in [0.15, 0.2) is 0 Å². The Hall–Kier alpha value is -0.450. The van der Waals surface area contributed by atoms with Crippen LogP contribution in [0.3, 0.4) is 0 Å². The molecule has 0 aromatic carbocycles. The first-order valence-electron chi connectivity index (χ1n) is 6.85. The zero-order valence-electron chi connectivity index (χ0n) is 11.2. The van der Waals surface area contributed by atoms with Crippen LogP contribution in [0.2, 0.25) is 0 Å². The third-order valence-corrected chi connectivity index (χ3v) is 4.20. The lowest BCUT2D eigenvalue weighted by molar-refractivity contribution is -0.121. The first-order valence-corrected chi connectivity index (χ1v) is 6.85. The molecule has 0 amide bonds. The van der Waals surface area contributed by atoms with E-state index in [0.717, 1.165) is 19.4 Å². The summed E-state index contributed by atoms with van der Waals surface area (Å²) in [5.41, 5.74) is 0. The molecule has 17 heavy (non-hydrogen) atoms. The van der Waals surface area contributed by atoms with Crippen LogP contribution in [0.15, 0.2) is 0 Å². The van der Waals surface area contributed by atoms with E-state index in [4.69, 9.17) is 0 Å². The summed E-state index contributed by atoms with van der Waals surface area (Å²) in [7, 11) is 2.07. The van der Waals surface area contributed by atoms with Gasteiger partial charge in [-0.05, 0) is 45.7 Å². The minimum absolute atomic E-state index is 0.133. The van der Waals surface area contributed by atoms with Gasteiger partial charge in [-0.2, -0.15) is 0 Å². The molecule has 2 rings (SSSR count). The third kappa shape index (κ3) is 2.69. The van der Waals surface area contributed by atoms with Crippen molar-refractivity contribution in [1.29, 1.82) is 0 Å². The number of likely N-dealkylation sites (tertiary alicyclic amines) is 1. The van der Waals surface area contributed by atoms with Crippen LogP contribution in [0.4, 0.5) is 0 Å². The lowest BCUT2D eigenvalue weighted by atomic mass is 10.0. The Labute approximate surface area is 104 Å². The zero-order chi connectivity index (χ0) is 12.4. The number of hydrogen-bond acceptors (Lipinski definition) is 4. The molecule has 0 saturated carbocycles. The molecule has 4 heteroatoms. The van der Waals surface area contributed by atoms with Gasteiger partial charge in [-0.1, -0.05) is 13.3 Å². The highest BCUT2D eigenvalue weighted by molar-refractivity contribution is 5.81. The Morgan fingerprint density at radius 1 is 1.47 bits per heavy atom. The van der Waals surface area contributed by atoms with E-state index >= 15 is 0 Å². The van der Waals surface area contributed by atoms with E-state index in [-0.39, 0.29) is 6.04 Å². The Morgan fingerprint density at radius 2 is 2.24 bits per heavy atom. The van der Waals surface area contributed by atoms with Gasteiger partial charge in [0.1, 0.15) is 5.78 Å². The summed E-state index contributed by atoms with van der Waals surface area (Å²) in [4.78, 5) is 13.7. The SMILES string of the molecule is CCCCNC1CC2CC(C(C)=O)N(C)C2N1. The number of likely N-dealkylation sites (N-methyl/N-ethyl adjacent to an activating group) is 1. The first kappa shape index (κ1) is 13.0. The standard InChI is InChI=1S/C13H25N3O/c1-4-5-6-14-12-8-10-7-11(9(2)17)16(3)13(10)15-12/h10-15H,4-8H2,1-3H3. The molecule has 4 unspecified atom stereocenters. The van der Waals surface area contributed by atoms with Crippen LogP contribution in [-0.4, -0.2) is 42.6 Å². The number of nitrogens with one attached hydrogen (secondary N) is 2. The molecule has 4 nitrogen and oxygen atoms in total. The highest BCUT2D eigenvalue weighted by Crippen LogP contribution is 2.34. The highest BCUT2D eigenvalue weighted by Gasteiger charge is 2.46. The van der Waals surface area contributed by atoms with Crippen LogP contribution >= 0.6 is 0 Å². The minimum atomic E-state index is 0.133. The van der Waals surface area contributed by atoms with Crippen LogP contribution in [0.25, 0.3) is 0 Å². The lowest BCUT2D eigenvalue weighted by Gasteiger charge is -2.25. The molecule has 0 radical (unpaired) electrons. The van der Waals surface area contributed by atoms with Crippen LogP contribution in [0.1, 0.15) is 39.5 Å². The molecule has 0 aromatic rings. The topological polar surface area (TPSA) is 44.4 Å². The molecule has 2 saturated heterocycles. The number of nitrogens with zero attached hydrogens (tertiary/aromatic N) is 1. The van der Waals surface area contributed by atoms with Crippen molar-refractivity contribution in [3.05, 3.63) is 0 Å². The number of ketones is 1. The van der Waals surface area contributed by atoms with Crippen molar-refractivity contribution in [2.45, 2.75) is 57.9 Å². The van der Waals surface area contributed by atoms with E-state index in [2.05, 4.69) is 29.5 Å². The molecule has 2 heterocycles. The van der Waals surface area contributed by atoms with Gasteiger partial charge in [-0.3, -0.25) is 15.0 Å². The van der Waals surface area contributed by atoms with Crippen LogP contribution in [0, 0.1) is 5.92 Å². The minimum Gasteiger partial charge on any atom is -0.302 e. The van der Waals surface area contributed by atoms with Crippen LogP contribution < -0.4 is 10.6 Å². The van der Waals surface area contributed by atoms with E-state index < -0.39 is 0 Å². The number of hydrogen-bond donors (Lipinski definition) is 2. The number of carbonyl (C=O) groups is 1. The largest absolute Gasteiger partial charge is 0.302 e. The molecule has 0 aromatic heterocycles.